The van der Waals surface area contributed by atoms with Crippen molar-refractivity contribution < 1.29 is 4.79 Å². The van der Waals surface area contributed by atoms with Crippen LogP contribution < -0.4 is 5.73 Å². The van der Waals surface area contributed by atoms with Crippen molar-refractivity contribution in [1.82, 2.24) is 4.90 Å². The first-order valence-corrected chi connectivity index (χ1v) is 6.55. The molecule has 0 heterocycles. The average molecular weight is 285 g/mol. The maximum atomic E-state index is 12.4. The van der Waals surface area contributed by atoms with E-state index in [0.29, 0.717) is 23.1 Å². The minimum atomic E-state index is 0. The maximum absolute atomic E-state index is 12.4. The summed E-state index contributed by atoms with van der Waals surface area (Å²) in [4.78, 5) is 14.3. The summed E-state index contributed by atoms with van der Waals surface area (Å²) in [6, 6.07) is 7.14. The molecule has 0 fully saturated rings. The average Bonchev–Trinajstić information content (AvgIpc) is 2.27. The normalized spacial score (nSPS) is 10.4. The fourth-order valence-electron chi connectivity index (χ4n) is 1.93. The van der Waals surface area contributed by atoms with Gasteiger partial charge in [0.05, 0.1) is 0 Å². The zero-order valence-corrected chi connectivity index (χ0v) is 13.0. The number of halogens is 1. The van der Waals surface area contributed by atoms with Crippen molar-refractivity contribution in [2.45, 2.75) is 27.7 Å². The van der Waals surface area contributed by atoms with Crippen LogP contribution in [0, 0.1) is 11.8 Å². The molecule has 0 bridgehead atoms. The third-order valence-corrected chi connectivity index (χ3v) is 2.62. The first-order chi connectivity index (χ1) is 8.40. The Kier molecular flexibility index (Phi) is 7.53. The molecule has 3 nitrogen and oxygen atoms in total. The van der Waals surface area contributed by atoms with Crippen LogP contribution in [0.3, 0.4) is 0 Å². The van der Waals surface area contributed by atoms with Crippen LogP contribution in [0.4, 0.5) is 5.69 Å². The van der Waals surface area contributed by atoms with Crippen molar-refractivity contribution in [2.24, 2.45) is 11.8 Å². The number of nitrogens with zero attached hydrogens (tertiary/aromatic N) is 1. The van der Waals surface area contributed by atoms with E-state index in [-0.39, 0.29) is 18.3 Å². The van der Waals surface area contributed by atoms with Crippen LogP contribution in [-0.2, 0) is 0 Å². The van der Waals surface area contributed by atoms with Gasteiger partial charge in [0.2, 0.25) is 0 Å². The molecule has 19 heavy (non-hydrogen) atoms. The fraction of sp³-hybridized carbons (Fsp3) is 0.533. The Balaban J connectivity index is 0.00000324. The van der Waals surface area contributed by atoms with Gasteiger partial charge in [-0.1, -0.05) is 27.7 Å². The van der Waals surface area contributed by atoms with E-state index in [1.165, 1.54) is 0 Å². The van der Waals surface area contributed by atoms with E-state index in [1.54, 1.807) is 24.3 Å². The number of benzene rings is 1. The van der Waals surface area contributed by atoms with Crippen LogP contribution in [0.15, 0.2) is 24.3 Å². The summed E-state index contributed by atoms with van der Waals surface area (Å²) < 4.78 is 0. The minimum absolute atomic E-state index is 0. The molecule has 1 aromatic carbocycles. The van der Waals surface area contributed by atoms with Crippen LogP contribution >= 0.6 is 12.4 Å². The number of hydrogen-bond donors (Lipinski definition) is 1. The molecule has 1 aromatic rings. The summed E-state index contributed by atoms with van der Waals surface area (Å²) in [5.41, 5.74) is 7.04. The largest absolute Gasteiger partial charge is 0.399 e. The predicted octanol–water partition coefficient (Wildman–Crippen LogP) is 3.44. The maximum Gasteiger partial charge on any atom is 0.253 e. The number of nitrogen functional groups attached to an aromatic ring is 1. The Morgan fingerprint density at radius 3 is 1.84 bits per heavy atom. The van der Waals surface area contributed by atoms with Gasteiger partial charge in [0, 0.05) is 24.3 Å². The summed E-state index contributed by atoms with van der Waals surface area (Å²) in [6.45, 7) is 10.1. The number of nitrogens with two attached hydrogens (primary N) is 1. The van der Waals surface area contributed by atoms with Crippen molar-refractivity contribution in [3.05, 3.63) is 29.8 Å². The quantitative estimate of drug-likeness (QED) is 0.842. The smallest absolute Gasteiger partial charge is 0.253 e. The molecule has 0 spiro atoms. The summed E-state index contributed by atoms with van der Waals surface area (Å²) in [6.07, 6.45) is 0. The number of hydrogen-bond acceptors (Lipinski definition) is 2. The lowest BCUT2D eigenvalue weighted by Crippen LogP contribution is -2.37. The molecule has 0 aromatic heterocycles. The first kappa shape index (κ1) is 17.8. The van der Waals surface area contributed by atoms with Gasteiger partial charge in [-0.25, -0.2) is 0 Å². The number of rotatable bonds is 5. The molecule has 0 saturated heterocycles. The molecule has 0 saturated carbocycles. The van der Waals surface area contributed by atoms with E-state index in [2.05, 4.69) is 27.7 Å². The molecule has 4 heteroatoms. The van der Waals surface area contributed by atoms with E-state index in [1.807, 2.05) is 4.90 Å². The molecule has 0 aliphatic rings. The number of carbonyl (C=O) groups excluding carboxylic acids is 1. The van der Waals surface area contributed by atoms with Gasteiger partial charge in [-0.05, 0) is 36.1 Å². The Hall–Kier alpha value is -1.22. The van der Waals surface area contributed by atoms with Crippen LogP contribution in [0.5, 0.6) is 0 Å². The number of carbonyl (C=O) groups is 1. The number of amides is 1. The summed E-state index contributed by atoms with van der Waals surface area (Å²) in [7, 11) is 0. The summed E-state index contributed by atoms with van der Waals surface area (Å²) in [5.74, 6) is 1.04. The van der Waals surface area contributed by atoms with Crippen molar-refractivity contribution in [3.63, 3.8) is 0 Å². The third-order valence-electron chi connectivity index (χ3n) is 2.62. The second kappa shape index (κ2) is 8.05. The Morgan fingerprint density at radius 2 is 1.47 bits per heavy atom. The lowest BCUT2D eigenvalue weighted by Gasteiger charge is -2.26. The predicted molar refractivity (Wildman–Crippen MR) is 83.7 cm³/mol. The van der Waals surface area contributed by atoms with Gasteiger partial charge in [0.25, 0.3) is 5.91 Å². The zero-order chi connectivity index (χ0) is 13.7. The highest BCUT2D eigenvalue weighted by atomic mass is 35.5. The van der Waals surface area contributed by atoms with Crippen molar-refractivity contribution >= 4 is 24.0 Å². The van der Waals surface area contributed by atoms with Crippen molar-refractivity contribution in [1.29, 1.82) is 0 Å². The van der Waals surface area contributed by atoms with E-state index >= 15 is 0 Å². The Morgan fingerprint density at radius 1 is 1.05 bits per heavy atom. The SMILES string of the molecule is CC(C)CN(CC(C)C)C(=O)c1ccc(N)cc1.Cl. The first-order valence-electron chi connectivity index (χ1n) is 6.55. The molecular formula is C15H25ClN2O. The van der Waals surface area contributed by atoms with Crippen LogP contribution in [-0.4, -0.2) is 23.9 Å². The molecule has 0 aliphatic carbocycles. The standard InChI is InChI=1S/C15H24N2O.ClH/c1-11(2)9-17(10-12(3)4)15(18)13-5-7-14(16)8-6-13;/h5-8,11-12H,9-10,16H2,1-4H3;1H. The van der Waals surface area contributed by atoms with Crippen molar-refractivity contribution in [2.75, 3.05) is 18.8 Å². The second-order valence-corrected chi connectivity index (χ2v) is 5.62. The van der Waals surface area contributed by atoms with Crippen LogP contribution in [0.25, 0.3) is 0 Å². The van der Waals surface area contributed by atoms with Crippen LogP contribution in [0.1, 0.15) is 38.1 Å². The van der Waals surface area contributed by atoms with Crippen LogP contribution in [0.2, 0.25) is 0 Å². The Labute approximate surface area is 122 Å². The molecule has 0 atom stereocenters. The van der Waals surface area contributed by atoms with Crippen molar-refractivity contribution in [3.8, 4) is 0 Å². The van der Waals surface area contributed by atoms with Gasteiger partial charge in [0.1, 0.15) is 0 Å². The minimum Gasteiger partial charge on any atom is -0.399 e. The van der Waals surface area contributed by atoms with Gasteiger partial charge in [0.15, 0.2) is 0 Å². The van der Waals surface area contributed by atoms with Gasteiger partial charge in [-0.2, -0.15) is 0 Å². The molecule has 0 radical (unpaired) electrons. The molecule has 1 amide bonds. The highest BCUT2D eigenvalue weighted by Gasteiger charge is 2.17. The van der Waals surface area contributed by atoms with E-state index < -0.39 is 0 Å². The zero-order valence-electron chi connectivity index (χ0n) is 12.2. The van der Waals surface area contributed by atoms with Gasteiger partial charge < -0.3 is 10.6 Å². The molecule has 0 unspecified atom stereocenters. The molecule has 108 valence electrons. The van der Waals surface area contributed by atoms with Gasteiger partial charge >= 0.3 is 0 Å². The van der Waals surface area contributed by atoms with Gasteiger partial charge in [-0.3, -0.25) is 4.79 Å². The van der Waals surface area contributed by atoms with E-state index in [4.69, 9.17) is 5.73 Å². The van der Waals surface area contributed by atoms with Gasteiger partial charge in [-0.15, -0.1) is 12.4 Å². The second-order valence-electron chi connectivity index (χ2n) is 5.62. The molecule has 2 N–H and O–H groups in total. The Bertz CT molecular complexity index is 378. The van der Waals surface area contributed by atoms with E-state index in [0.717, 1.165) is 13.1 Å². The summed E-state index contributed by atoms with van der Waals surface area (Å²) >= 11 is 0. The topological polar surface area (TPSA) is 46.3 Å². The molecule has 1 rings (SSSR count). The molecular weight excluding hydrogens is 260 g/mol. The lowest BCUT2D eigenvalue weighted by molar-refractivity contribution is 0.0715. The highest BCUT2D eigenvalue weighted by Crippen LogP contribution is 2.12. The highest BCUT2D eigenvalue weighted by molar-refractivity contribution is 5.94. The fourth-order valence-corrected chi connectivity index (χ4v) is 1.93. The third kappa shape index (κ3) is 5.97. The van der Waals surface area contributed by atoms with E-state index in [9.17, 15) is 4.79 Å². The lowest BCUT2D eigenvalue weighted by atomic mass is 10.1. The molecule has 0 aliphatic heterocycles. The summed E-state index contributed by atoms with van der Waals surface area (Å²) in [5, 5.41) is 0. The number of anilines is 1. The monoisotopic (exact) mass is 284 g/mol.